The maximum atomic E-state index is 15.0. The molecule has 0 spiro atoms. The van der Waals surface area contributed by atoms with E-state index >= 15 is 4.39 Å². The minimum atomic E-state index is -1.37. The van der Waals surface area contributed by atoms with Crippen LogP contribution in [-0.2, 0) is 16.8 Å². The summed E-state index contributed by atoms with van der Waals surface area (Å²) < 4.78 is 41.5. The summed E-state index contributed by atoms with van der Waals surface area (Å²) in [6.45, 7) is 0.551. The second kappa shape index (κ2) is 8.54. The molecule has 2 unspecified atom stereocenters. The number of benzene rings is 2. The monoisotopic (exact) mass is 456 g/mol. The number of carbonyl (C=O) groups is 1. The summed E-state index contributed by atoms with van der Waals surface area (Å²) in [5.74, 6) is -3.05. The van der Waals surface area contributed by atoms with Crippen LogP contribution in [0.15, 0.2) is 54.6 Å². The van der Waals surface area contributed by atoms with Gasteiger partial charge in [0.05, 0.1) is 12.2 Å². The Bertz CT molecular complexity index is 1070. The van der Waals surface area contributed by atoms with Crippen LogP contribution in [0.5, 0.6) is 5.75 Å². The molecule has 0 bridgehead atoms. The molecule has 0 radical (unpaired) electrons. The number of hydrogen-bond acceptors (Lipinski definition) is 4. The number of alkyl halides is 1. The lowest BCUT2D eigenvalue weighted by Gasteiger charge is -2.45. The third-order valence-corrected chi connectivity index (χ3v) is 7.36. The van der Waals surface area contributed by atoms with Gasteiger partial charge < -0.3 is 19.7 Å². The number of allylic oxidation sites excluding steroid dienone is 1. The zero-order chi connectivity index (χ0) is 23.2. The van der Waals surface area contributed by atoms with Crippen LogP contribution in [0.25, 0.3) is 0 Å². The molecule has 2 fully saturated rings. The van der Waals surface area contributed by atoms with Crippen molar-refractivity contribution in [2.24, 2.45) is 11.8 Å². The molecule has 2 aromatic rings. The molecule has 7 heteroatoms. The fourth-order valence-electron chi connectivity index (χ4n) is 5.47. The van der Waals surface area contributed by atoms with E-state index in [2.05, 4.69) is 0 Å². The third-order valence-electron chi connectivity index (χ3n) is 7.36. The van der Waals surface area contributed by atoms with E-state index < -0.39 is 47.2 Å². The Morgan fingerprint density at radius 2 is 1.97 bits per heavy atom. The Labute approximate surface area is 190 Å². The first-order chi connectivity index (χ1) is 15.9. The van der Waals surface area contributed by atoms with E-state index in [1.807, 2.05) is 30.3 Å². The molecule has 6 atom stereocenters. The van der Waals surface area contributed by atoms with Crippen molar-refractivity contribution in [2.75, 3.05) is 6.61 Å². The number of aliphatic hydroxyl groups excluding tert-OH is 1. The highest BCUT2D eigenvalue weighted by molar-refractivity contribution is 5.88. The Kier molecular flexibility index (Phi) is 5.70. The lowest BCUT2D eigenvalue weighted by atomic mass is 9.80. The van der Waals surface area contributed by atoms with Gasteiger partial charge in [0.15, 0.2) is 11.6 Å². The second-order valence-corrected chi connectivity index (χ2v) is 9.09. The number of fused-ring (bicyclic) bond motifs is 2. The molecule has 3 aliphatic rings. The summed E-state index contributed by atoms with van der Waals surface area (Å²) >= 11 is 0. The van der Waals surface area contributed by atoms with Gasteiger partial charge in [-0.25, -0.2) is 13.6 Å². The molecule has 2 aliphatic heterocycles. The van der Waals surface area contributed by atoms with Crippen LogP contribution in [-0.4, -0.2) is 41.2 Å². The number of aromatic carboxylic acids is 1. The van der Waals surface area contributed by atoms with Gasteiger partial charge in [-0.3, -0.25) is 0 Å². The van der Waals surface area contributed by atoms with Crippen molar-refractivity contribution in [1.82, 2.24) is 0 Å². The number of hydrogen-bond donors (Lipinski definition) is 2. The van der Waals surface area contributed by atoms with Gasteiger partial charge in [-0.15, -0.1) is 0 Å². The quantitative estimate of drug-likeness (QED) is 0.652. The number of aryl methyl sites for hydroxylation is 1. The van der Waals surface area contributed by atoms with E-state index in [4.69, 9.17) is 9.47 Å². The zero-order valence-electron chi connectivity index (χ0n) is 18.0. The zero-order valence-corrected chi connectivity index (χ0v) is 18.0. The van der Waals surface area contributed by atoms with E-state index in [1.54, 1.807) is 18.2 Å². The molecule has 5 nitrogen and oxygen atoms in total. The van der Waals surface area contributed by atoms with Gasteiger partial charge in [-0.1, -0.05) is 48.6 Å². The van der Waals surface area contributed by atoms with Gasteiger partial charge in [0.25, 0.3) is 0 Å². The van der Waals surface area contributed by atoms with Crippen molar-refractivity contribution in [2.45, 2.75) is 49.7 Å². The number of halogens is 2. The summed E-state index contributed by atoms with van der Waals surface area (Å²) in [6.07, 6.45) is 2.44. The molecule has 5 rings (SSSR count). The summed E-state index contributed by atoms with van der Waals surface area (Å²) in [6, 6.07) is 12.3. The van der Waals surface area contributed by atoms with Gasteiger partial charge in [0.1, 0.15) is 24.0 Å². The van der Waals surface area contributed by atoms with E-state index in [-0.39, 0.29) is 18.1 Å². The van der Waals surface area contributed by atoms with Crippen LogP contribution >= 0.6 is 0 Å². The number of aliphatic hydroxyl groups is 1. The molecule has 1 aliphatic carbocycles. The van der Waals surface area contributed by atoms with Gasteiger partial charge in [0.2, 0.25) is 0 Å². The van der Waals surface area contributed by atoms with Crippen LogP contribution in [0, 0.1) is 17.7 Å². The number of ether oxygens (including phenoxy) is 2. The normalized spacial score (nSPS) is 31.7. The SMILES string of the molecule is O=C(O)c1ccc2c(c1F)O[C@H]1C[C@@H](F)[C@H](/C=C/C(O)C3(c4ccccc4)CCO3)[C@H]1CC2. The van der Waals surface area contributed by atoms with Gasteiger partial charge in [-0.05, 0) is 30.0 Å². The van der Waals surface area contributed by atoms with Crippen molar-refractivity contribution in [1.29, 1.82) is 0 Å². The first kappa shape index (κ1) is 22.0. The van der Waals surface area contributed by atoms with Crippen LogP contribution in [0.2, 0.25) is 0 Å². The van der Waals surface area contributed by atoms with Gasteiger partial charge in [0, 0.05) is 24.7 Å². The van der Waals surface area contributed by atoms with E-state index in [9.17, 15) is 19.4 Å². The Morgan fingerprint density at radius 1 is 1.21 bits per heavy atom. The second-order valence-electron chi connectivity index (χ2n) is 9.09. The van der Waals surface area contributed by atoms with Gasteiger partial charge >= 0.3 is 5.97 Å². The maximum Gasteiger partial charge on any atom is 0.338 e. The molecule has 1 saturated carbocycles. The Hall–Kier alpha value is -2.77. The lowest BCUT2D eigenvalue weighted by molar-refractivity contribution is -0.199. The number of carboxylic acids is 1. The lowest BCUT2D eigenvalue weighted by Crippen LogP contribution is -2.49. The summed E-state index contributed by atoms with van der Waals surface area (Å²) in [5.41, 5.74) is 0.199. The molecule has 1 saturated heterocycles. The predicted octanol–water partition coefficient (Wildman–Crippen LogP) is 4.42. The smallest absolute Gasteiger partial charge is 0.338 e. The summed E-state index contributed by atoms with van der Waals surface area (Å²) in [4.78, 5) is 11.3. The first-order valence-corrected chi connectivity index (χ1v) is 11.3. The average molecular weight is 456 g/mol. The topological polar surface area (TPSA) is 76.0 Å². The molecule has 2 aromatic carbocycles. The predicted molar refractivity (Wildman–Crippen MR) is 116 cm³/mol. The Morgan fingerprint density at radius 3 is 2.64 bits per heavy atom. The van der Waals surface area contributed by atoms with Gasteiger partial charge in [-0.2, -0.15) is 0 Å². The van der Waals surface area contributed by atoms with Crippen molar-refractivity contribution >= 4 is 5.97 Å². The molecular formula is C26H26F2O5. The third kappa shape index (κ3) is 3.73. The standard InChI is InChI=1S/C26H26F2O5/c27-20-14-21-18(8-6-15-7-9-19(25(30)31)23(28)24(15)33-21)17(20)10-11-22(29)26(12-13-32-26)16-4-2-1-3-5-16/h1-5,7,9-11,17-18,20-22,29H,6,8,12-14H2,(H,30,31)/b11-10+/t17-,18-,20-,21+,22?,26?/m1/s1. The molecule has 174 valence electrons. The highest BCUT2D eigenvalue weighted by Crippen LogP contribution is 2.46. The number of carboxylic acid groups (broad SMARTS) is 1. The highest BCUT2D eigenvalue weighted by Gasteiger charge is 2.48. The van der Waals surface area contributed by atoms with E-state index in [1.165, 1.54) is 6.07 Å². The molecule has 0 aromatic heterocycles. The maximum absolute atomic E-state index is 15.0. The Balaban J connectivity index is 1.36. The molecule has 33 heavy (non-hydrogen) atoms. The summed E-state index contributed by atoms with van der Waals surface area (Å²) in [7, 11) is 0. The van der Waals surface area contributed by atoms with Crippen molar-refractivity contribution in [3.05, 3.63) is 77.1 Å². The largest absolute Gasteiger partial charge is 0.487 e. The summed E-state index contributed by atoms with van der Waals surface area (Å²) in [5, 5.41) is 20.2. The van der Waals surface area contributed by atoms with Crippen molar-refractivity contribution < 1.29 is 33.3 Å². The molecule has 2 N–H and O–H groups in total. The van der Waals surface area contributed by atoms with Crippen LogP contribution < -0.4 is 4.74 Å². The van der Waals surface area contributed by atoms with Crippen LogP contribution in [0.1, 0.15) is 40.7 Å². The van der Waals surface area contributed by atoms with Crippen LogP contribution in [0.4, 0.5) is 8.78 Å². The molecule has 0 amide bonds. The average Bonchev–Trinajstić information content (AvgIpc) is 2.93. The minimum Gasteiger partial charge on any atom is -0.487 e. The minimum absolute atomic E-state index is 0.0786. The first-order valence-electron chi connectivity index (χ1n) is 11.3. The van der Waals surface area contributed by atoms with E-state index in [0.717, 1.165) is 5.56 Å². The van der Waals surface area contributed by atoms with Crippen molar-refractivity contribution in [3.8, 4) is 5.75 Å². The fourth-order valence-corrected chi connectivity index (χ4v) is 5.47. The molecule has 2 heterocycles. The fraction of sp³-hybridized carbons (Fsp3) is 0.423. The molecular weight excluding hydrogens is 430 g/mol. The highest BCUT2D eigenvalue weighted by atomic mass is 19.1. The van der Waals surface area contributed by atoms with E-state index in [0.29, 0.717) is 31.4 Å². The van der Waals surface area contributed by atoms with Crippen LogP contribution in [0.3, 0.4) is 0 Å². The number of rotatable bonds is 5. The van der Waals surface area contributed by atoms with Crippen molar-refractivity contribution in [3.63, 3.8) is 0 Å².